The zero-order valence-electron chi connectivity index (χ0n) is 14.3. The molecule has 0 saturated heterocycles. The highest BCUT2D eigenvalue weighted by Gasteiger charge is 2.37. The summed E-state index contributed by atoms with van der Waals surface area (Å²) in [6, 6.07) is 6.65. The fourth-order valence-electron chi connectivity index (χ4n) is 3.60. The lowest BCUT2D eigenvalue weighted by Crippen LogP contribution is -2.32. The molecule has 0 amide bonds. The second-order valence-corrected chi connectivity index (χ2v) is 6.49. The first-order valence-corrected chi connectivity index (χ1v) is 8.31. The first-order valence-electron chi connectivity index (χ1n) is 8.31. The fourth-order valence-corrected chi connectivity index (χ4v) is 3.60. The Balaban J connectivity index is 1.76. The number of aryl methyl sites for hydroxylation is 1. The van der Waals surface area contributed by atoms with Crippen molar-refractivity contribution in [2.45, 2.75) is 26.1 Å². The van der Waals surface area contributed by atoms with Gasteiger partial charge in [-0.05, 0) is 43.2 Å². The summed E-state index contributed by atoms with van der Waals surface area (Å²) in [4.78, 5) is 16.8. The maximum atomic E-state index is 13.3. The number of rotatable bonds is 2. The summed E-state index contributed by atoms with van der Waals surface area (Å²) >= 11 is 0. The third-order valence-electron chi connectivity index (χ3n) is 4.85. The largest absolute Gasteiger partial charge is 0.478 e. The summed E-state index contributed by atoms with van der Waals surface area (Å²) in [6.45, 7) is 2.16. The molecule has 1 aliphatic heterocycles. The lowest BCUT2D eigenvalue weighted by molar-refractivity contribution is -0.141. The molecule has 1 aromatic carbocycles. The molecule has 5 nitrogen and oxygen atoms in total. The summed E-state index contributed by atoms with van der Waals surface area (Å²) in [7, 11) is 0. The van der Waals surface area contributed by atoms with Crippen molar-refractivity contribution in [3.05, 3.63) is 58.6 Å². The molecule has 0 radical (unpaired) electrons. The van der Waals surface area contributed by atoms with Crippen molar-refractivity contribution >= 4 is 22.6 Å². The topological polar surface area (TPSA) is 66.6 Å². The standard InChI is InChI=1S/C19H15F3N2O3/c1-10-16(18(25)26)13-8-12(2-3-15(13)27-10)24-7-5-11-4-6-23-17(14(11)9-24)19(20,21)22/h2-4,6,8H,5,7,9H2,1H3,(H,25,26). The van der Waals surface area contributed by atoms with Gasteiger partial charge in [-0.15, -0.1) is 0 Å². The molecule has 3 aromatic rings. The van der Waals surface area contributed by atoms with Gasteiger partial charge in [0.1, 0.15) is 22.6 Å². The summed E-state index contributed by atoms with van der Waals surface area (Å²) < 4.78 is 45.4. The maximum Gasteiger partial charge on any atom is 0.433 e. The van der Waals surface area contributed by atoms with Crippen LogP contribution >= 0.6 is 0 Å². The number of aromatic nitrogens is 1. The minimum absolute atomic E-state index is 0.0583. The number of anilines is 1. The lowest BCUT2D eigenvalue weighted by Gasteiger charge is -2.32. The van der Waals surface area contributed by atoms with Gasteiger partial charge in [-0.2, -0.15) is 13.2 Å². The molecule has 0 atom stereocenters. The number of carboxylic acids is 1. The average molecular weight is 376 g/mol. The minimum atomic E-state index is -4.52. The third-order valence-corrected chi connectivity index (χ3v) is 4.85. The molecule has 2 aromatic heterocycles. The van der Waals surface area contributed by atoms with Crippen LogP contribution in [0.15, 0.2) is 34.9 Å². The van der Waals surface area contributed by atoms with E-state index in [2.05, 4.69) is 4.98 Å². The number of furan rings is 1. The van der Waals surface area contributed by atoms with Gasteiger partial charge in [-0.1, -0.05) is 0 Å². The average Bonchev–Trinajstić information content (AvgIpc) is 2.94. The molecule has 0 saturated carbocycles. The number of hydrogen-bond donors (Lipinski definition) is 1. The third kappa shape index (κ3) is 2.90. The first kappa shape index (κ1) is 17.4. The highest BCUT2D eigenvalue weighted by molar-refractivity contribution is 6.04. The number of carboxylic acid groups (broad SMARTS) is 1. The molecule has 3 heterocycles. The van der Waals surface area contributed by atoms with Gasteiger partial charge >= 0.3 is 12.1 Å². The first-order chi connectivity index (χ1) is 12.8. The number of halogens is 3. The molecule has 8 heteroatoms. The minimum Gasteiger partial charge on any atom is -0.478 e. The van der Waals surface area contributed by atoms with Crippen LogP contribution in [0.25, 0.3) is 11.0 Å². The van der Waals surface area contributed by atoms with E-state index in [0.29, 0.717) is 40.9 Å². The number of aromatic carboxylic acids is 1. The summed E-state index contributed by atoms with van der Waals surface area (Å²) in [6.07, 6.45) is -2.87. The molecule has 1 N–H and O–H groups in total. The molecule has 0 aliphatic carbocycles. The number of pyridine rings is 1. The van der Waals surface area contributed by atoms with Crippen molar-refractivity contribution in [1.29, 1.82) is 0 Å². The molecule has 1 aliphatic rings. The molecule has 4 rings (SSSR count). The van der Waals surface area contributed by atoms with E-state index in [1.807, 2.05) is 0 Å². The maximum absolute atomic E-state index is 13.3. The van der Waals surface area contributed by atoms with Gasteiger partial charge in [0.25, 0.3) is 0 Å². The molecule has 0 unspecified atom stereocenters. The highest BCUT2D eigenvalue weighted by Crippen LogP contribution is 2.36. The Morgan fingerprint density at radius 1 is 1.30 bits per heavy atom. The number of alkyl halides is 3. The van der Waals surface area contributed by atoms with E-state index >= 15 is 0 Å². The van der Waals surface area contributed by atoms with Gasteiger partial charge in [0.2, 0.25) is 0 Å². The smallest absolute Gasteiger partial charge is 0.433 e. The Labute approximate surface area is 152 Å². The Kier molecular flexibility index (Phi) is 3.87. The van der Waals surface area contributed by atoms with E-state index in [0.717, 1.165) is 0 Å². The Bertz CT molecular complexity index is 1060. The van der Waals surface area contributed by atoms with Gasteiger partial charge in [0, 0.05) is 35.9 Å². The molecule has 0 bridgehead atoms. The SMILES string of the molecule is Cc1oc2ccc(N3CCc4ccnc(C(F)(F)F)c4C3)cc2c1C(=O)O. The Morgan fingerprint density at radius 3 is 2.78 bits per heavy atom. The molecule has 0 spiro atoms. The molecule has 27 heavy (non-hydrogen) atoms. The fraction of sp³-hybridized carbons (Fsp3) is 0.263. The Hall–Kier alpha value is -3.03. The van der Waals surface area contributed by atoms with Crippen LogP contribution in [0, 0.1) is 6.92 Å². The number of fused-ring (bicyclic) bond motifs is 2. The van der Waals surface area contributed by atoms with E-state index in [1.54, 1.807) is 36.1 Å². The summed E-state index contributed by atoms with van der Waals surface area (Å²) in [5.41, 5.74) is 1.09. The number of carbonyl (C=O) groups is 1. The zero-order valence-corrected chi connectivity index (χ0v) is 14.3. The normalized spacial score (nSPS) is 14.4. The zero-order chi connectivity index (χ0) is 19.3. The highest BCUT2D eigenvalue weighted by atomic mass is 19.4. The monoisotopic (exact) mass is 376 g/mol. The van der Waals surface area contributed by atoms with Crippen LogP contribution in [0.4, 0.5) is 18.9 Å². The van der Waals surface area contributed by atoms with Gasteiger partial charge in [-0.25, -0.2) is 4.79 Å². The van der Waals surface area contributed by atoms with Crippen LogP contribution in [0.5, 0.6) is 0 Å². The summed E-state index contributed by atoms with van der Waals surface area (Å²) in [5.74, 6) is -0.807. The molecular formula is C19H15F3N2O3. The second kappa shape index (κ2) is 6.00. The number of nitrogens with zero attached hydrogens (tertiary/aromatic N) is 2. The molecule has 0 fully saturated rings. The van der Waals surface area contributed by atoms with Crippen LogP contribution in [-0.2, 0) is 19.1 Å². The van der Waals surface area contributed by atoms with E-state index < -0.39 is 17.8 Å². The Morgan fingerprint density at radius 2 is 2.07 bits per heavy atom. The van der Waals surface area contributed by atoms with Crippen molar-refractivity contribution in [3.63, 3.8) is 0 Å². The molecule has 140 valence electrons. The van der Waals surface area contributed by atoms with Crippen LogP contribution in [-0.4, -0.2) is 22.6 Å². The van der Waals surface area contributed by atoms with Crippen LogP contribution in [0.1, 0.15) is 32.9 Å². The van der Waals surface area contributed by atoms with Gasteiger partial charge < -0.3 is 14.4 Å². The predicted octanol–water partition coefficient (Wildman–Crippen LogP) is 4.42. The van der Waals surface area contributed by atoms with Gasteiger partial charge in [-0.3, -0.25) is 4.98 Å². The van der Waals surface area contributed by atoms with Crippen molar-refractivity contribution < 1.29 is 27.5 Å². The van der Waals surface area contributed by atoms with Crippen LogP contribution in [0.2, 0.25) is 0 Å². The van der Waals surface area contributed by atoms with Gasteiger partial charge in [0.05, 0.1) is 0 Å². The summed E-state index contributed by atoms with van der Waals surface area (Å²) in [5, 5.41) is 9.84. The number of hydrogen-bond acceptors (Lipinski definition) is 4. The van der Waals surface area contributed by atoms with Crippen molar-refractivity contribution in [2.24, 2.45) is 0 Å². The molecular weight excluding hydrogens is 361 g/mol. The van der Waals surface area contributed by atoms with Crippen LogP contribution in [0.3, 0.4) is 0 Å². The van der Waals surface area contributed by atoms with Crippen molar-refractivity contribution in [2.75, 3.05) is 11.4 Å². The van der Waals surface area contributed by atoms with E-state index in [4.69, 9.17) is 4.42 Å². The predicted molar refractivity (Wildman–Crippen MR) is 91.9 cm³/mol. The second-order valence-electron chi connectivity index (χ2n) is 6.49. The quantitative estimate of drug-likeness (QED) is 0.717. The van der Waals surface area contributed by atoms with E-state index in [-0.39, 0.29) is 17.7 Å². The van der Waals surface area contributed by atoms with Crippen molar-refractivity contribution in [3.8, 4) is 0 Å². The van der Waals surface area contributed by atoms with E-state index in [1.165, 1.54) is 6.20 Å². The van der Waals surface area contributed by atoms with Gasteiger partial charge in [0.15, 0.2) is 0 Å². The van der Waals surface area contributed by atoms with Crippen LogP contribution < -0.4 is 4.90 Å². The lowest BCUT2D eigenvalue weighted by atomic mass is 9.98. The number of benzene rings is 1. The van der Waals surface area contributed by atoms with E-state index in [9.17, 15) is 23.1 Å². The van der Waals surface area contributed by atoms with Crippen molar-refractivity contribution in [1.82, 2.24) is 4.98 Å².